The van der Waals surface area contributed by atoms with Crippen LogP contribution in [0.15, 0.2) is 11.6 Å². The lowest BCUT2D eigenvalue weighted by molar-refractivity contribution is -0.0709. The van der Waals surface area contributed by atoms with E-state index in [1.807, 2.05) is 0 Å². The molecule has 0 aromatic rings. The number of aliphatic hydroxyl groups is 2. The van der Waals surface area contributed by atoms with E-state index in [0.29, 0.717) is 0 Å². The Labute approximate surface area is 76.4 Å². The number of nitrogens with two attached hydrogens (primary N) is 3. The van der Waals surface area contributed by atoms with E-state index in [1.165, 1.54) is 0 Å². The lowest BCUT2D eigenvalue weighted by Gasteiger charge is -2.45. The summed E-state index contributed by atoms with van der Waals surface area (Å²) in [6.07, 6.45) is 0. The third-order valence-corrected chi connectivity index (χ3v) is 2.71. The average molecular weight is 188 g/mol. The smallest absolute Gasteiger partial charge is 0.208 e. The monoisotopic (exact) mass is 188 g/mol. The van der Waals surface area contributed by atoms with Crippen molar-refractivity contribution in [2.24, 2.45) is 23.1 Å². The lowest BCUT2D eigenvalue weighted by Crippen LogP contribution is -2.70. The van der Waals surface area contributed by atoms with Crippen LogP contribution in [0.25, 0.3) is 0 Å². The van der Waals surface area contributed by atoms with E-state index in [9.17, 15) is 10.2 Å². The summed E-state index contributed by atoms with van der Waals surface area (Å²) in [7, 11) is 0. The molecule has 0 aromatic carbocycles. The van der Waals surface area contributed by atoms with Crippen molar-refractivity contribution in [3.05, 3.63) is 11.6 Å². The molecule has 0 fully saturated rings. The molecule has 0 aromatic heterocycles. The lowest BCUT2D eigenvalue weighted by atomic mass is 9.79. The van der Waals surface area contributed by atoms with Crippen LogP contribution < -0.4 is 22.5 Å². The number of hydrogen-bond acceptors (Lipinski definition) is 6. The SMILES string of the molecule is CC1C(N)(O)NC(O)=C(N)C1(C)N. The van der Waals surface area contributed by atoms with Gasteiger partial charge in [-0.15, -0.1) is 0 Å². The third-order valence-electron chi connectivity index (χ3n) is 2.71. The minimum Gasteiger partial charge on any atom is -0.493 e. The van der Waals surface area contributed by atoms with E-state index in [0.717, 1.165) is 0 Å². The summed E-state index contributed by atoms with van der Waals surface area (Å²) in [5, 5.41) is 21.2. The fourth-order valence-electron chi connectivity index (χ4n) is 1.31. The molecule has 3 atom stereocenters. The van der Waals surface area contributed by atoms with Crippen molar-refractivity contribution in [3.8, 4) is 0 Å². The van der Waals surface area contributed by atoms with Crippen LogP contribution in [0.3, 0.4) is 0 Å². The number of rotatable bonds is 0. The van der Waals surface area contributed by atoms with Crippen molar-refractivity contribution in [2.45, 2.75) is 25.2 Å². The van der Waals surface area contributed by atoms with Crippen LogP contribution in [0, 0.1) is 5.92 Å². The molecule has 9 N–H and O–H groups in total. The van der Waals surface area contributed by atoms with Crippen LogP contribution in [0.2, 0.25) is 0 Å². The maximum atomic E-state index is 9.60. The summed E-state index contributed by atoms with van der Waals surface area (Å²) >= 11 is 0. The Morgan fingerprint density at radius 1 is 1.46 bits per heavy atom. The molecule has 13 heavy (non-hydrogen) atoms. The van der Waals surface area contributed by atoms with E-state index >= 15 is 0 Å². The molecule has 1 heterocycles. The number of nitrogens with one attached hydrogen (secondary N) is 1. The van der Waals surface area contributed by atoms with E-state index < -0.39 is 17.3 Å². The van der Waals surface area contributed by atoms with Crippen LogP contribution in [-0.2, 0) is 0 Å². The molecule has 0 spiro atoms. The molecule has 76 valence electrons. The van der Waals surface area contributed by atoms with Gasteiger partial charge in [-0.2, -0.15) is 0 Å². The zero-order chi connectivity index (χ0) is 10.4. The minimum atomic E-state index is -1.74. The Morgan fingerprint density at radius 3 is 2.38 bits per heavy atom. The standard InChI is InChI=1S/C7H16N4O2/c1-3-6(2,9)4(8)5(12)11-7(3,10)13/h3,11-13H,8-10H2,1-2H3. The van der Waals surface area contributed by atoms with Crippen molar-refractivity contribution in [1.82, 2.24) is 5.32 Å². The van der Waals surface area contributed by atoms with Crippen LogP contribution >= 0.6 is 0 Å². The Kier molecular flexibility index (Phi) is 1.95. The van der Waals surface area contributed by atoms with Gasteiger partial charge in [-0.25, -0.2) is 0 Å². The van der Waals surface area contributed by atoms with Gasteiger partial charge in [0.2, 0.25) is 5.88 Å². The molecule has 6 heteroatoms. The summed E-state index contributed by atoms with van der Waals surface area (Å²) in [6, 6.07) is 0. The Hall–Kier alpha value is -0.980. The first-order valence-electron chi connectivity index (χ1n) is 3.97. The summed E-state index contributed by atoms with van der Waals surface area (Å²) in [4.78, 5) is 0. The summed E-state index contributed by atoms with van der Waals surface area (Å²) < 4.78 is 0. The second-order valence-corrected chi connectivity index (χ2v) is 3.72. The molecule has 0 amide bonds. The van der Waals surface area contributed by atoms with Gasteiger partial charge in [0.25, 0.3) is 0 Å². The van der Waals surface area contributed by atoms with Gasteiger partial charge in [-0.05, 0) is 6.92 Å². The van der Waals surface area contributed by atoms with Gasteiger partial charge in [-0.1, -0.05) is 6.92 Å². The van der Waals surface area contributed by atoms with Crippen LogP contribution in [0.1, 0.15) is 13.8 Å². The van der Waals surface area contributed by atoms with E-state index in [4.69, 9.17) is 17.2 Å². The molecule has 0 radical (unpaired) electrons. The molecule has 3 unspecified atom stereocenters. The van der Waals surface area contributed by atoms with Crippen molar-refractivity contribution in [1.29, 1.82) is 0 Å². The van der Waals surface area contributed by atoms with E-state index in [2.05, 4.69) is 5.32 Å². The Balaban J connectivity index is 3.18. The third kappa shape index (κ3) is 1.32. The van der Waals surface area contributed by atoms with Gasteiger partial charge >= 0.3 is 0 Å². The van der Waals surface area contributed by atoms with Crippen molar-refractivity contribution >= 4 is 0 Å². The minimum absolute atomic E-state index is 0.0927. The fraction of sp³-hybridized carbons (Fsp3) is 0.714. The largest absolute Gasteiger partial charge is 0.493 e. The fourth-order valence-corrected chi connectivity index (χ4v) is 1.31. The number of aliphatic hydroxyl groups excluding tert-OH is 1. The highest BCUT2D eigenvalue weighted by molar-refractivity contribution is 5.24. The van der Waals surface area contributed by atoms with Gasteiger partial charge in [0, 0.05) is 5.92 Å². The summed E-state index contributed by atoms with van der Waals surface area (Å²) in [5.41, 5.74) is 15.9. The quantitative estimate of drug-likeness (QED) is 0.249. The average Bonchev–Trinajstić information content (AvgIpc) is 1.98. The first-order chi connectivity index (χ1) is 5.69. The van der Waals surface area contributed by atoms with Gasteiger partial charge in [0.15, 0.2) is 5.85 Å². The molecular weight excluding hydrogens is 172 g/mol. The van der Waals surface area contributed by atoms with Crippen LogP contribution in [-0.4, -0.2) is 21.6 Å². The van der Waals surface area contributed by atoms with Crippen molar-refractivity contribution < 1.29 is 10.2 Å². The maximum absolute atomic E-state index is 9.60. The highest BCUT2D eigenvalue weighted by Gasteiger charge is 2.48. The van der Waals surface area contributed by atoms with E-state index in [-0.39, 0.29) is 11.6 Å². The Bertz CT molecular complexity index is 259. The topological polar surface area (TPSA) is 131 Å². The predicted molar refractivity (Wildman–Crippen MR) is 47.9 cm³/mol. The summed E-state index contributed by atoms with van der Waals surface area (Å²) in [6.45, 7) is 3.24. The second kappa shape index (κ2) is 2.50. The molecule has 1 aliphatic rings. The molecule has 1 rings (SSSR count). The molecular formula is C7H16N4O2. The first kappa shape index (κ1) is 10.1. The van der Waals surface area contributed by atoms with Crippen molar-refractivity contribution in [2.75, 3.05) is 0 Å². The molecule has 6 nitrogen and oxygen atoms in total. The van der Waals surface area contributed by atoms with Gasteiger partial charge in [0.05, 0.1) is 11.2 Å². The van der Waals surface area contributed by atoms with Crippen LogP contribution in [0.5, 0.6) is 0 Å². The van der Waals surface area contributed by atoms with Gasteiger partial charge in [-0.3, -0.25) is 5.73 Å². The zero-order valence-electron chi connectivity index (χ0n) is 7.70. The van der Waals surface area contributed by atoms with Gasteiger partial charge in [0.1, 0.15) is 0 Å². The normalized spacial score (nSPS) is 46.1. The molecule has 0 saturated carbocycles. The number of hydrogen-bond donors (Lipinski definition) is 6. The summed E-state index contributed by atoms with van der Waals surface area (Å²) in [5.74, 6) is -2.62. The van der Waals surface area contributed by atoms with Gasteiger partial charge < -0.3 is 27.0 Å². The Morgan fingerprint density at radius 2 is 1.92 bits per heavy atom. The molecule has 1 aliphatic heterocycles. The molecule has 0 saturated heterocycles. The van der Waals surface area contributed by atoms with Crippen molar-refractivity contribution in [3.63, 3.8) is 0 Å². The maximum Gasteiger partial charge on any atom is 0.208 e. The highest BCUT2D eigenvalue weighted by atomic mass is 16.3. The first-order valence-corrected chi connectivity index (χ1v) is 3.97. The predicted octanol–water partition coefficient (Wildman–Crippen LogP) is -1.77. The molecule has 0 bridgehead atoms. The van der Waals surface area contributed by atoms with Crippen LogP contribution in [0.4, 0.5) is 0 Å². The molecule has 0 aliphatic carbocycles. The second-order valence-electron chi connectivity index (χ2n) is 3.72. The zero-order valence-corrected chi connectivity index (χ0v) is 7.70. The highest BCUT2D eigenvalue weighted by Crippen LogP contribution is 2.30. The van der Waals surface area contributed by atoms with E-state index in [1.54, 1.807) is 13.8 Å².